The van der Waals surface area contributed by atoms with Crippen LogP contribution in [0.1, 0.15) is 22.6 Å². The van der Waals surface area contributed by atoms with Crippen molar-refractivity contribution in [2.45, 2.75) is 12.8 Å². The maximum atomic E-state index is 12.0. The van der Waals surface area contributed by atoms with Crippen LogP contribution in [0.4, 0.5) is 0 Å². The third kappa shape index (κ3) is 2.63. The molecule has 0 aliphatic heterocycles. The number of pyridine rings is 1. The smallest absolute Gasteiger partial charge is 0.229 e. The lowest BCUT2D eigenvalue weighted by Crippen LogP contribution is -2.22. The van der Waals surface area contributed by atoms with Crippen molar-refractivity contribution in [1.29, 1.82) is 0 Å². The van der Waals surface area contributed by atoms with Gasteiger partial charge in [0.1, 0.15) is 0 Å². The molecule has 1 heterocycles. The van der Waals surface area contributed by atoms with Gasteiger partial charge in [-0.2, -0.15) is 0 Å². The molecule has 21 heavy (non-hydrogen) atoms. The molecular formula is C18H16N2O. The zero-order valence-electron chi connectivity index (χ0n) is 11.8. The van der Waals surface area contributed by atoms with Gasteiger partial charge in [-0.1, -0.05) is 42.0 Å². The number of hydrogen-bond acceptors (Lipinski definition) is 2. The number of primary amides is 1. The number of carbonyl (C=O) groups is 1. The highest BCUT2D eigenvalue weighted by atomic mass is 16.1. The highest BCUT2D eigenvalue weighted by Crippen LogP contribution is 2.27. The number of fused-ring (bicyclic) bond motifs is 1. The first-order chi connectivity index (χ1) is 10.1. The Labute approximate surface area is 123 Å². The van der Waals surface area contributed by atoms with Crippen LogP contribution in [0.3, 0.4) is 0 Å². The Kier molecular flexibility index (Phi) is 3.40. The van der Waals surface area contributed by atoms with Crippen molar-refractivity contribution in [2.75, 3.05) is 0 Å². The lowest BCUT2D eigenvalue weighted by molar-refractivity contribution is -0.118. The summed E-state index contributed by atoms with van der Waals surface area (Å²) in [5.41, 5.74) is 9.48. The van der Waals surface area contributed by atoms with Gasteiger partial charge < -0.3 is 5.73 Å². The topological polar surface area (TPSA) is 56.0 Å². The van der Waals surface area contributed by atoms with Gasteiger partial charge in [0.05, 0.1) is 11.4 Å². The molecule has 104 valence electrons. The molecule has 0 saturated carbocycles. The van der Waals surface area contributed by atoms with Crippen molar-refractivity contribution in [3.05, 3.63) is 77.5 Å². The second kappa shape index (κ2) is 5.37. The van der Waals surface area contributed by atoms with Gasteiger partial charge in [-0.05, 0) is 36.2 Å². The third-order valence-corrected chi connectivity index (χ3v) is 3.62. The number of aryl methyl sites for hydroxylation is 1. The molecule has 1 amide bonds. The first-order valence-corrected chi connectivity index (χ1v) is 6.86. The Hall–Kier alpha value is -2.68. The Morgan fingerprint density at radius 3 is 2.62 bits per heavy atom. The van der Waals surface area contributed by atoms with Crippen LogP contribution in [0.15, 0.2) is 60.8 Å². The van der Waals surface area contributed by atoms with Crippen LogP contribution in [0, 0.1) is 6.92 Å². The summed E-state index contributed by atoms with van der Waals surface area (Å²) < 4.78 is 0. The lowest BCUT2D eigenvalue weighted by Gasteiger charge is -2.15. The molecule has 3 nitrogen and oxygen atoms in total. The summed E-state index contributed by atoms with van der Waals surface area (Å²) >= 11 is 0. The summed E-state index contributed by atoms with van der Waals surface area (Å²) in [4.78, 5) is 16.3. The molecule has 0 aliphatic rings. The predicted octanol–water partition coefficient (Wildman–Crippen LogP) is 3.16. The molecule has 3 heteroatoms. The van der Waals surface area contributed by atoms with Gasteiger partial charge in [0, 0.05) is 11.6 Å². The number of nitrogens with zero attached hydrogens (tertiary/aromatic N) is 1. The van der Waals surface area contributed by atoms with E-state index in [1.54, 1.807) is 6.20 Å². The van der Waals surface area contributed by atoms with Crippen molar-refractivity contribution in [1.82, 2.24) is 4.98 Å². The van der Waals surface area contributed by atoms with Crippen LogP contribution < -0.4 is 5.73 Å². The molecule has 0 radical (unpaired) electrons. The number of benzene rings is 2. The zero-order valence-corrected chi connectivity index (χ0v) is 11.8. The number of carbonyl (C=O) groups excluding carboxylic acids is 1. The molecule has 0 spiro atoms. The van der Waals surface area contributed by atoms with Gasteiger partial charge >= 0.3 is 0 Å². The van der Waals surface area contributed by atoms with Crippen LogP contribution in [-0.2, 0) is 4.79 Å². The molecule has 3 aromatic rings. The van der Waals surface area contributed by atoms with Crippen molar-refractivity contribution in [2.24, 2.45) is 5.73 Å². The molecule has 3 rings (SSSR count). The molecule has 1 atom stereocenters. The fourth-order valence-electron chi connectivity index (χ4n) is 2.64. The summed E-state index contributed by atoms with van der Waals surface area (Å²) in [5, 5.41) is 1.01. The van der Waals surface area contributed by atoms with E-state index in [0.29, 0.717) is 0 Å². The highest BCUT2D eigenvalue weighted by molar-refractivity contribution is 5.88. The molecule has 0 fully saturated rings. The summed E-state index contributed by atoms with van der Waals surface area (Å²) in [6, 6.07) is 17.6. The molecule has 0 saturated heterocycles. The van der Waals surface area contributed by atoms with E-state index in [1.165, 1.54) is 0 Å². The van der Waals surface area contributed by atoms with Gasteiger partial charge in [0.2, 0.25) is 5.91 Å². The first-order valence-electron chi connectivity index (χ1n) is 6.86. The SMILES string of the molecule is Cc1cccc(C(C(N)=O)c2ccc3ncccc3c2)c1. The Balaban J connectivity index is 2.13. The fourth-order valence-corrected chi connectivity index (χ4v) is 2.64. The zero-order chi connectivity index (χ0) is 14.8. The summed E-state index contributed by atoms with van der Waals surface area (Å²) in [5.74, 6) is -0.779. The number of amides is 1. The van der Waals surface area contributed by atoms with Gasteiger partial charge in [-0.25, -0.2) is 0 Å². The number of rotatable bonds is 3. The largest absolute Gasteiger partial charge is 0.369 e. The Morgan fingerprint density at radius 2 is 1.86 bits per heavy atom. The molecule has 2 N–H and O–H groups in total. The first kappa shape index (κ1) is 13.3. The van der Waals surface area contributed by atoms with E-state index in [2.05, 4.69) is 4.98 Å². The average Bonchev–Trinajstić information content (AvgIpc) is 2.47. The number of nitrogens with two attached hydrogens (primary N) is 1. The van der Waals surface area contributed by atoms with Crippen LogP contribution in [0.5, 0.6) is 0 Å². The minimum atomic E-state index is -0.436. The van der Waals surface area contributed by atoms with E-state index in [9.17, 15) is 4.79 Å². The summed E-state index contributed by atoms with van der Waals surface area (Å²) in [6.07, 6.45) is 1.76. The minimum Gasteiger partial charge on any atom is -0.369 e. The van der Waals surface area contributed by atoms with E-state index in [-0.39, 0.29) is 5.91 Å². The summed E-state index contributed by atoms with van der Waals surface area (Å²) in [7, 11) is 0. The van der Waals surface area contributed by atoms with Crippen molar-refractivity contribution >= 4 is 16.8 Å². The normalized spacial score (nSPS) is 12.2. The molecule has 1 aromatic heterocycles. The predicted molar refractivity (Wildman–Crippen MR) is 84.0 cm³/mol. The second-order valence-electron chi connectivity index (χ2n) is 5.21. The van der Waals surface area contributed by atoms with Gasteiger partial charge in [-0.3, -0.25) is 9.78 Å². The van der Waals surface area contributed by atoms with Crippen LogP contribution >= 0.6 is 0 Å². The van der Waals surface area contributed by atoms with E-state index < -0.39 is 5.92 Å². The number of hydrogen-bond donors (Lipinski definition) is 1. The molecule has 1 unspecified atom stereocenters. The van der Waals surface area contributed by atoms with Crippen LogP contribution in [0.2, 0.25) is 0 Å². The van der Waals surface area contributed by atoms with Gasteiger partial charge in [0.25, 0.3) is 0 Å². The standard InChI is InChI=1S/C18H16N2O/c1-12-4-2-5-14(10-12)17(18(19)21)15-7-8-16-13(11-15)6-3-9-20-16/h2-11,17H,1H3,(H2,19,21). The average molecular weight is 276 g/mol. The van der Waals surface area contributed by atoms with E-state index in [4.69, 9.17) is 5.73 Å². The van der Waals surface area contributed by atoms with E-state index in [1.807, 2.05) is 61.5 Å². The van der Waals surface area contributed by atoms with Crippen LogP contribution in [-0.4, -0.2) is 10.9 Å². The third-order valence-electron chi connectivity index (χ3n) is 3.62. The number of aromatic nitrogens is 1. The van der Waals surface area contributed by atoms with Crippen molar-refractivity contribution < 1.29 is 4.79 Å². The molecular weight excluding hydrogens is 260 g/mol. The maximum absolute atomic E-state index is 12.0. The van der Waals surface area contributed by atoms with Crippen molar-refractivity contribution in [3.63, 3.8) is 0 Å². The molecule has 0 aliphatic carbocycles. The van der Waals surface area contributed by atoms with Gasteiger partial charge in [-0.15, -0.1) is 0 Å². The Morgan fingerprint density at radius 1 is 1.05 bits per heavy atom. The van der Waals surface area contributed by atoms with Gasteiger partial charge in [0.15, 0.2) is 0 Å². The lowest BCUT2D eigenvalue weighted by atomic mass is 9.89. The molecule has 0 bridgehead atoms. The fraction of sp³-hybridized carbons (Fsp3) is 0.111. The van der Waals surface area contributed by atoms with Crippen LogP contribution in [0.25, 0.3) is 10.9 Å². The highest BCUT2D eigenvalue weighted by Gasteiger charge is 2.20. The van der Waals surface area contributed by atoms with Crippen molar-refractivity contribution in [3.8, 4) is 0 Å². The quantitative estimate of drug-likeness (QED) is 0.799. The van der Waals surface area contributed by atoms with E-state index >= 15 is 0 Å². The monoisotopic (exact) mass is 276 g/mol. The second-order valence-corrected chi connectivity index (χ2v) is 5.21. The van der Waals surface area contributed by atoms with E-state index in [0.717, 1.165) is 27.6 Å². The minimum absolute atomic E-state index is 0.344. The summed E-state index contributed by atoms with van der Waals surface area (Å²) in [6.45, 7) is 2.01. The Bertz CT molecular complexity index is 811. The maximum Gasteiger partial charge on any atom is 0.229 e. The molecule has 2 aromatic carbocycles.